The molecule has 0 aliphatic rings. The van der Waals surface area contributed by atoms with Crippen LogP contribution in [0.1, 0.15) is 43.7 Å². The van der Waals surface area contributed by atoms with Crippen molar-refractivity contribution in [1.82, 2.24) is 4.98 Å². The highest BCUT2D eigenvalue weighted by Crippen LogP contribution is 2.38. The van der Waals surface area contributed by atoms with Crippen molar-refractivity contribution >= 4 is 39.1 Å². The summed E-state index contributed by atoms with van der Waals surface area (Å²) in [6.07, 6.45) is -2.81. The van der Waals surface area contributed by atoms with Gasteiger partial charge < -0.3 is 20.2 Å². The standard InChI is InChI=1S/C22H15F4N3O4S/c1-9-6-13(19(25)26)28-22-16(9)17(18(34-22)20(27)30)29-21(31)15-5-3-11(33-15)8-32-14-4-2-10(23)7-12(14)24/h2-7,19H,8H2,1H3,(H2,27,30)(H,29,31). The van der Waals surface area contributed by atoms with Crippen molar-refractivity contribution in [3.05, 3.63) is 75.7 Å². The van der Waals surface area contributed by atoms with Crippen LogP contribution in [0.25, 0.3) is 10.2 Å². The minimum Gasteiger partial charge on any atom is -0.483 e. The number of aromatic nitrogens is 1. The number of thiophene rings is 1. The molecule has 3 heterocycles. The first kappa shape index (κ1) is 23.2. The topological polar surface area (TPSA) is 107 Å². The fraction of sp³-hybridized carbons (Fsp3) is 0.136. The third kappa shape index (κ3) is 4.57. The van der Waals surface area contributed by atoms with Crippen LogP contribution in [0.15, 0.2) is 40.8 Å². The highest BCUT2D eigenvalue weighted by molar-refractivity contribution is 7.21. The summed E-state index contributed by atoms with van der Waals surface area (Å²) in [5.74, 6) is -3.47. The van der Waals surface area contributed by atoms with E-state index in [9.17, 15) is 27.2 Å². The molecule has 0 radical (unpaired) electrons. The number of pyridine rings is 1. The number of hydrogen-bond acceptors (Lipinski definition) is 6. The van der Waals surface area contributed by atoms with Gasteiger partial charge >= 0.3 is 0 Å². The number of nitrogens with two attached hydrogens (primary N) is 1. The predicted octanol–water partition coefficient (Wildman–Crippen LogP) is 5.34. The second-order valence-corrected chi connectivity index (χ2v) is 8.10. The summed E-state index contributed by atoms with van der Waals surface area (Å²) in [5.41, 5.74) is 5.35. The quantitative estimate of drug-likeness (QED) is 0.338. The fourth-order valence-corrected chi connectivity index (χ4v) is 4.27. The van der Waals surface area contributed by atoms with Gasteiger partial charge in [-0.15, -0.1) is 11.3 Å². The number of rotatable bonds is 7. The Morgan fingerprint density at radius 1 is 1.21 bits per heavy atom. The third-order valence-electron chi connectivity index (χ3n) is 4.71. The summed E-state index contributed by atoms with van der Waals surface area (Å²) in [6, 6.07) is 6.72. The number of fused-ring (bicyclic) bond motifs is 1. The van der Waals surface area contributed by atoms with Crippen LogP contribution in [-0.4, -0.2) is 16.8 Å². The molecule has 4 rings (SSSR count). The summed E-state index contributed by atoms with van der Waals surface area (Å²) in [7, 11) is 0. The van der Waals surface area contributed by atoms with Gasteiger partial charge in [0.05, 0.1) is 5.69 Å². The molecule has 34 heavy (non-hydrogen) atoms. The van der Waals surface area contributed by atoms with Gasteiger partial charge in [0, 0.05) is 11.5 Å². The Hall–Kier alpha value is -3.93. The van der Waals surface area contributed by atoms with Gasteiger partial charge in [-0.3, -0.25) is 9.59 Å². The zero-order valence-corrected chi connectivity index (χ0v) is 18.1. The highest BCUT2D eigenvalue weighted by Gasteiger charge is 2.24. The van der Waals surface area contributed by atoms with E-state index >= 15 is 0 Å². The molecule has 0 saturated carbocycles. The molecule has 0 atom stereocenters. The number of furan rings is 1. The SMILES string of the molecule is Cc1cc(C(F)F)nc2sc(C(N)=O)c(NC(=O)c3ccc(COc4ccc(F)cc4F)o3)c12. The Morgan fingerprint density at radius 2 is 1.97 bits per heavy atom. The molecular weight excluding hydrogens is 478 g/mol. The van der Waals surface area contributed by atoms with Gasteiger partial charge in [0.2, 0.25) is 0 Å². The van der Waals surface area contributed by atoms with Gasteiger partial charge in [-0.1, -0.05) is 0 Å². The Morgan fingerprint density at radius 3 is 2.65 bits per heavy atom. The van der Waals surface area contributed by atoms with Crippen LogP contribution in [0.4, 0.5) is 23.2 Å². The van der Waals surface area contributed by atoms with Crippen LogP contribution in [-0.2, 0) is 6.61 Å². The average molecular weight is 493 g/mol. The van der Waals surface area contributed by atoms with Crippen molar-refractivity contribution in [2.45, 2.75) is 20.0 Å². The lowest BCUT2D eigenvalue weighted by molar-refractivity contribution is 0.0992. The maximum Gasteiger partial charge on any atom is 0.291 e. The molecule has 0 spiro atoms. The molecule has 4 aromatic rings. The average Bonchev–Trinajstić information content (AvgIpc) is 3.38. The summed E-state index contributed by atoms with van der Waals surface area (Å²) in [4.78, 5) is 28.6. The number of alkyl halides is 2. The van der Waals surface area contributed by atoms with Gasteiger partial charge in [-0.25, -0.2) is 22.5 Å². The Balaban J connectivity index is 1.57. The first-order chi connectivity index (χ1) is 16.1. The first-order valence-corrected chi connectivity index (χ1v) is 10.5. The molecule has 3 N–H and O–H groups in total. The van der Waals surface area contributed by atoms with Crippen LogP contribution >= 0.6 is 11.3 Å². The largest absolute Gasteiger partial charge is 0.483 e. The van der Waals surface area contributed by atoms with E-state index in [4.69, 9.17) is 14.9 Å². The zero-order valence-electron chi connectivity index (χ0n) is 17.3. The summed E-state index contributed by atoms with van der Waals surface area (Å²) in [6.45, 7) is 1.29. The molecule has 0 saturated heterocycles. The van der Waals surface area contributed by atoms with E-state index in [0.717, 1.165) is 29.5 Å². The smallest absolute Gasteiger partial charge is 0.291 e. The number of anilines is 1. The summed E-state index contributed by atoms with van der Waals surface area (Å²) >= 11 is 0.782. The number of primary amides is 1. The van der Waals surface area contributed by atoms with Gasteiger partial charge in [-0.2, -0.15) is 0 Å². The van der Waals surface area contributed by atoms with Crippen molar-refractivity contribution in [3.63, 3.8) is 0 Å². The molecule has 0 unspecified atom stereocenters. The Kier molecular flexibility index (Phi) is 6.24. The second kappa shape index (κ2) is 9.14. The molecule has 2 amide bonds. The molecule has 3 aromatic heterocycles. The second-order valence-electron chi connectivity index (χ2n) is 7.10. The maximum atomic E-state index is 13.7. The number of aryl methyl sites for hydroxylation is 1. The number of amides is 2. The summed E-state index contributed by atoms with van der Waals surface area (Å²) < 4.78 is 63.5. The van der Waals surface area contributed by atoms with E-state index in [0.29, 0.717) is 17.0 Å². The molecule has 0 bridgehead atoms. The number of ether oxygens (including phenoxy) is 1. The lowest BCUT2D eigenvalue weighted by atomic mass is 10.1. The van der Waals surface area contributed by atoms with Crippen molar-refractivity contribution in [3.8, 4) is 5.75 Å². The molecular formula is C22H15F4N3O4S. The molecule has 0 fully saturated rings. The molecule has 0 aliphatic carbocycles. The number of nitrogens with zero attached hydrogens (tertiary/aromatic N) is 1. The third-order valence-corrected chi connectivity index (χ3v) is 5.81. The van der Waals surface area contributed by atoms with E-state index in [1.807, 2.05) is 0 Å². The van der Waals surface area contributed by atoms with Gasteiger partial charge in [0.15, 0.2) is 17.3 Å². The van der Waals surface area contributed by atoms with E-state index in [-0.39, 0.29) is 39.3 Å². The number of carbonyl (C=O) groups excluding carboxylic acids is 2. The van der Waals surface area contributed by atoms with Crippen LogP contribution in [0, 0.1) is 18.6 Å². The maximum absolute atomic E-state index is 13.7. The van der Waals surface area contributed by atoms with E-state index in [2.05, 4.69) is 10.3 Å². The van der Waals surface area contributed by atoms with E-state index < -0.39 is 35.6 Å². The van der Waals surface area contributed by atoms with Crippen LogP contribution in [0.5, 0.6) is 5.75 Å². The number of carbonyl (C=O) groups is 2. The zero-order chi connectivity index (χ0) is 24.6. The number of nitrogens with one attached hydrogen (secondary N) is 1. The number of hydrogen-bond donors (Lipinski definition) is 2. The Labute approximate surface area is 193 Å². The minimum absolute atomic E-state index is 0.0332. The van der Waals surface area contributed by atoms with Crippen LogP contribution in [0.3, 0.4) is 0 Å². The molecule has 176 valence electrons. The van der Waals surface area contributed by atoms with Crippen molar-refractivity contribution in [2.75, 3.05) is 5.32 Å². The van der Waals surface area contributed by atoms with Crippen molar-refractivity contribution in [1.29, 1.82) is 0 Å². The van der Waals surface area contributed by atoms with Gasteiger partial charge in [0.1, 0.15) is 33.6 Å². The fourth-order valence-electron chi connectivity index (χ4n) is 3.21. The van der Waals surface area contributed by atoms with Gasteiger partial charge in [0.25, 0.3) is 18.2 Å². The predicted molar refractivity (Wildman–Crippen MR) is 115 cm³/mol. The number of benzene rings is 1. The molecule has 7 nitrogen and oxygen atoms in total. The van der Waals surface area contributed by atoms with Crippen LogP contribution in [0.2, 0.25) is 0 Å². The minimum atomic E-state index is -2.81. The lowest BCUT2D eigenvalue weighted by Gasteiger charge is -2.07. The first-order valence-electron chi connectivity index (χ1n) is 9.64. The molecule has 0 aliphatic heterocycles. The number of halogens is 4. The van der Waals surface area contributed by atoms with Crippen molar-refractivity contribution in [2.24, 2.45) is 5.73 Å². The lowest BCUT2D eigenvalue weighted by Crippen LogP contribution is -2.16. The molecule has 1 aromatic carbocycles. The van der Waals surface area contributed by atoms with E-state index in [1.165, 1.54) is 12.1 Å². The van der Waals surface area contributed by atoms with E-state index in [1.54, 1.807) is 6.92 Å². The Bertz CT molecular complexity index is 1420. The van der Waals surface area contributed by atoms with Crippen LogP contribution < -0.4 is 15.8 Å². The van der Waals surface area contributed by atoms with Gasteiger partial charge in [-0.05, 0) is 42.8 Å². The normalized spacial score (nSPS) is 11.2. The monoisotopic (exact) mass is 493 g/mol. The molecule has 12 heteroatoms. The van der Waals surface area contributed by atoms with Crippen molar-refractivity contribution < 1.29 is 36.3 Å². The summed E-state index contributed by atoms with van der Waals surface area (Å²) in [5, 5.41) is 2.83. The highest BCUT2D eigenvalue weighted by atomic mass is 32.1.